The molecule has 1 aliphatic heterocycles. The minimum absolute atomic E-state index is 0.898. The van der Waals surface area contributed by atoms with E-state index in [2.05, 4.69) is 27.5 Å². The van der Waals surface area contributed by atoms with Crippen LogP contribution in [0.3, 0.4) is 0 Å². The summed E-state index contributed by atoms with van der Waals surface area (Å²) in [7, 11) is 0. The van der Waals surface area contributed by atoms with Crippen molar-refractivity contribution in [2.45, 2.75) is 19.9 Å². The fourth-order valence-corrected chi connectivity index (χ4v) is 3.32. The van der Waals surface area contributed by atoms with Gasteiger partial charge in [-0.2, -0.15) is 0 Å². The summed E-state index contributed by atoms with van der Waals surface area (Å²) in [4.78, 5) is 11.2. The predicted octanol–water partition coefficient (Wildman–Crippen LogP) is 1.77. The van der Waals surface area contributed by atoms with Crippen molar-refractivity contribution in [1.82, 2.24) is 15.3 Å². The van der Waals surface area contributed by atoms with E-state index in [9.17, 15) is 0 Å². The maximum absolute atomic E-state index is 4.37. The molecule has 3 heterocycles. The monoisotopic (exact) mass is 234 g/mol. The first-order valence-corrected chi connectivity index (χ1v) is 6.41. The summed E-state index contributed by atoms with van der Waals surface area (Å²) in [5.41, 5.74) is 1.44. The van der Waals surface area contributed by atoms with Gasteiger partial charge in [0.25, 0.3) is 0 Å². The molecule has 0 aliphatic carbocycles. The van der Waals surface area contributed by atoms with Crippen LogP contribution in [0.25, 0.3) is 10.2 Å². The van der Waals surface area contributed by atoms with Crippen LogP contribution in [-0.2, 0) is 13.0 Å². The number of nitrogens with one attached hydrogen (secondary N) is 2. The summed E-state index contributed by atoms with van der Waals surface area (Å²) in [5.74, 6) is 0.993. The van der Waals surface area contributed by atoms with Crippen molar-refractivity contribution in [3.05, 3.63) is 16.8 Å². The average molecular weight is 234 g/mol. The van der Waals surface area contributed by atoms with Gasteiger partial charge in [-0.15, -0.1) is 11.3 Å². The molecule has 0 unspecified atom stereocenters. The molecule has 1 aliphatic rings. The van der Waals surface area contributed by atoms with E-state index in [0.717, 1.165) is 36.7 Å². The van der Waals surface area contributed by atoms with Crippen molar-refractivity contribution in [2.24, 2.45) is 0 Å². The van der Waals surface area contributed by atoms with Gasteiger partial charge in [-0.3, -0.25) is 0 Å². The summed E-state index contributed by atoms with van der Waals surface area (Å²) in [6.07, 6.45) is 2.73. The van der Waals surface area contributed by atoms with E-state index in [-0.39, 0.29) is 0 Å². The third-order valence-electron chi connectivity index (χ3n) is 2.85. The summed E-state index contributed by atoms with van der Waals surface area (Å²) in [6, 6.07) is 0. The molecule has 0 amide bonds. The highest BCUT2D eigenvalue weighted by Gasteiger charge is 2.18. The minimum Gasteiger partial charge on any atom is -0.370 e. The first kappa shape index (κ1) is 9.99. The van der Waals surface area contributed by atoms with Gasteiger partial charge in [-0.05, 0) is 25.5 Å². The van der Waals surface area contributed by atoms with E-state index < -0.39 is 0 Å². The first-order chi connectivity index (χ1) is 7.90. The van der Waals surface area contributed by atoms with Crippen LogP contribution in [0, 0.1) is 0 Å². The molecule has 0 radical (unpaired) electrons. The quantitative estimate of drug-likeness (QED) is 0.831. The number of aromatic nitrogens is 2. The molecule has 5 heteroatoms. The van der Waals surface area contributed by atoms with E-state index in [1.807, 2.05) is 0 Å². The maximum atomic E-state index is 4.37. The molecule has 0 spiro atoms. The third-order valence-corrected chi connectivity index (χ3v) is 3.99. The Bertz CT molecular complexity index is 520. The highest BCUT2D eigenvalue weighted by molar-refractivity contribution is 7.18. The molecular formula is C11H14N4S. The fourth-order valence-electron chi connectivity index (χ4n) is 2.16. The molecule has 2 N–H and O–H groups in total. The number of hydrogen-bond acceptors (Lipinski definition) is 5. The number of anilines is 1. The molecule has 4 nitrogen and oxygen atoms in total. The van der Waals surface area contributed by atoms with Crippen LogP contribution in [0.4, 0.5) is 5.82 Å². The van der Waals surface area contributed by atoms with Gasteiger partial charge in [0.2, 0.25) is 0 Å². The summed E-state index contributed by atoms with van der Waals surface area (Å²) in [6.45, 7) is 5.02. The second-order valence-corrected chi connectivity index (χ2v) is 4.95. The minimum atomic E-state index is 0.898. The number of rotatable bonds is 2. The van der Waals surface area contributed by atoms with Crippen LogP contribution in [0.1, 0.15) is 17.4 Å². The zero-order valence-electron chi connectivity index (χ0n) is 9.21. The van der Waals surface area contributed by atoms with E-state index in [1.165, 1.54) is 15.8 Å². The van der Waals surface area contributed by atoms with Crippen molar-refractivity contribution in [3.63, 3.8) is 0 Å². The van der Waals surface area contributed by atoms with Crippen LogP contribution in [-0.4, -0.2) is 23.1 Å². The van der Waals surface area contributed by atoms with Crippen LogP contribution in [0.15, 0.2) is 6.33 Å². The number of nitrogens with zero attached hydrogens (tertiary/aromatic N) is 2. The molecule has 3 rings (SSSR count). The van der Waals surface area contributed by atoms with E-state index >= 15 is 0 Å². The Labute approximate surface area is 98.1 Å². The van der Waals surface area contributed by atoms with Gasteiger partial charge in [-0.25, -0.2) is 9.97 Å². The maximum Gasteiger partial charge on any atom is 0.138 e. The SMILES string of the molecule is CCNc1ncnc2sc3c(c12)CCNC3. The molecule has 0 fully saturated rings. The van der Waals surface area contributed by atoms with Gasteiger partial charge >= 0.3 is 0 Å². The topological polar surface area (TPSA) is 49.8 Å². The zero-order chi connectivity index (χ0) is 11.0. The molecule has 0 aromatic carbocycles. The molecule has 2 aromatic heterocycles. The highest BCUT2D eigenvalue weighted by atomic mass is 32.1. The van der Waals surface area contributed by atoms with E-state index in [0.29, 0.717) is 0 Å². The Morgan fingerprint density at radius 2 is 2.44 bits per heavy atom. The van der Waals surface area contributed by atoms with Crippen molar-refractivity contribution < 1.29 is 0 Å². The molecule has 84 valence electrons. The lowest BCUT2D eigenvalue weighted by Gasteiger charge is -2.13. The van der Waals surface area contributed by atoms with Gasteiger partial charge in [0.05, 0.1) is 5.39 Å². The lowest BCUT2D eigenvalue weighted by atomic mass is 10.1. The van der Waals surface area contributed by atoms with Crippen molar-refractivity contribution in [3.8, 4) is 0 Å². The normalized spacial score (nSPS) is 15.1. The lowest BCUT2D eigenvalue weighted by Crippen LogP contribution is -2.22. The third kappa shape index (κ3) is 1.47. The number of fused-ring (bicyclic) bond motifs is 3. The summed E-state index contributed by atoms with van der Waals surface area (Å²) in [5, 5.41) is 7.96. The van der Waals surface area contributed by atoms with Crippen LogP contribution in [0.2, 0.25) is 0 Å². The average Bonchev–Trinajstić information content (AvgIpc) is 2.68. The Hall–Kier alpha value is -1.20. The molecule has 0 atom stereocenters. The van der Waals surface area contributed by atoms with Crippen molar-refractivity contribution in [2.75, 3.05) is 18.4 Å². The molecular weight excluding hydrogens is 220 g/mol. The largest absolute Gasteiger partial charge is 0.370 e. The Morgan fingerprint density at radius 1 is 1.50 bits per heavy atom. The summed E-state index contributed by atoms with van der Waals surface area (Å²) < 4.78 is 0. The first-order valence-electron chi connectivity index (χ1n) is 5.60. The van der Waals surface area contributed by atoms with Crippen LogP contribution >= 0.6 is 11.3 Å². The van der Waals surface area contributed by atoms with Crippen LogP contribution < -0.4 is 10.6 Å². The molecule has 16 heavy (non-hydrogen) atoms. The van der Waals surface area contributed by atoms with E-state index in [1.54, 1.807) is 17.7 Å². The zero-order valence-corrected chi connectivity index (χ0v) is 10.0. The van der Waals surface area contributed by atoms with Gasteiger partial charge < -0.3 is 10.6 Å². The van der Waals surface area contributed by atoms with Crippen molar-refractivity contribution >= 4 is 27.4 Å². The second kappa shape index (κ2) is 3.99. The Kier molecular flexibility index (Phi) is 2.49. The highest BCUT2D eigenvalue weighted by Crippen LogP contribution is 2.35. The Morgan fingerprint density at radius 3 is 3.31 bits per heavy atom. The van der Waals surface area contributed by atoms with Gasteiger partial charge in [0, 0.05) is 18.0 Å². The van der Waals surface area contributed by atoms with E-state index in [4.69, 9.17) is 0 Å². The van der Waals surface area contributed by atoms with Gasteiger partial charge in [0.1, 0.15) is 17.0 Å². The van der Waals surface area contributed by atoms with Gasteiger partial charge in [-0.1, -0.05) is 0 Å². The smallest absolute Gasteiger partial charge is 0.138 e. The second-order valence-electron chi connectivity index (χ2n) is 3.86. The van der Waals surface area contributed by atoms with Crippen molar-refractivity contribution in [1.29, 1.82) is 0 Å². The molecule has 0 saturated carbocycles. The number of thiophene rings is 1. The molecule has 0 saturated heterocycles. The summed E-state index contributed by atoms with van der Waals surface area (Å²) >= 11 is 1.79. The van der Waals surface area contributed by atoms with Crippen LogP contribution in [0.5, 0.6) is 0 Å². The predicted molar refractivity (Wildman–Crippen MR) is 67.0 cm³/mol. The lowest BCUT2D eigenvalue weighted by molar-refractivity contribution is 0.657. The standard InChI is InChI=1S/C11H14N4S/c1-2-13-10-9-7-3-4-12-5-8(7)16-11(9)15-6-14-10/h6,12H,2-5H2,1H3,(H,13,14,15). The molecule has 0 bridgehead atoms. The van der Waals surface area contributed by atoms with Gasteiger partial charge in [0.15, 0.2) is 0 Å². The number of hydrogen-bond donors (Lipinski definition) is 2. The molecule has 2 aromatic rings. The fraction of sp³-hybridized carbons (Fsp3) is 0.455. The Balaban J connectivity index is 2.23.